The van der Waals surface area contributed by atoms with Crippen LogP contribution in [0.25, 0.3) is 0 Å². The molecule has 4 aromatic rings. The molecule has 3 N–H and O–H groups in total. The lowest BCUT2D eigenvalue weighted by atomic mass is 9.83. The summed E-state index contributed by atoms with van der Waals surface area (Å²) in [5, 5.41) is 33.2. The van der Waals surface area contributed by atoms with E-state index in [1.165, 1.54) is 0 Å². The average Bonchev–Trinajstić information content (AvgIpc) is 3.76. The van der Waals surface area contributed by atoms with Crippen LogP contribution in [0.3, 0.4) is 0 Å². The van der Waals surface area contributed by atoms with E-state index in [-0.39, 0.29) is 19.1 Å². The molecule has 1 spiro atoms. The summed E-state index contributed by atoms with van der Waals surface area (Å²) in [4.78, 5) is 33.9. The molecule has 11 nitrogen and oxygen atoms in total. The number of fused-ring (bicyclic) bond motifs is 1. The third-order valence-corrected chi connectivity index (χ3v) is 10.6. The average molecular weight is 696 g/mol. The van der Waals surface area contributed by atoms with Gasteiger partial charge in [0.2, 0.25) is 0 Å². The number of hydrogen-bond donors (Lipinski definition) is 3. The first kappa shape index (κ1) is 33.9. The molecule has 0 unspecified atom stereocenters. The Morgan fingerprint density at radius 3 is 2.50 bits per heavy atom. The summed E-state index contributed by atoms with van der Waals surface area (Å²) in [5.41, 5.74) is 2.14. The summed E-state index contributed by atoms with van der Waals surface area (Å²) in [5.74, 6) is -0.853. The van der Waals surface area contributed by atoms with Crippen molar-refractivity contribution in [2.24, 2.45) is 5.92 Å². The number of rotatable bonds is 11. The number of allylic oxidation sites excluding steroid dienone is 1. The van der Waals surface area contributed by atoms with Crippen LogP contribution in [-0.2, 0) is 34.7 Å². The molecule has 3 aliphatic heterocycles. The van der Waals surface area contributed by atoms with Gasteiger partial charge in [-0.1, -0.05) is 66.2 Å². The summed E-state index contributed by atoms with van der Waals surface area (Å²) >= 11 is 6.40. The number of aliphatic hydroxyl groups excluding tert-OH is 1. The molecule has 50 heavy (non-hydrogen) atoms. The van der Waals surface area contributed by atoms with Crippen molar-refractivity contribution in [1.82, 2.24) is 20.3 Å². The summed E-state index contributed by atoms with van der Waals surface area (Å²) in [6.45, 7) is 4.70. The quantitative estimate of drug-likeness (QED) is 0.197. The van der Waals surface area contributed by atoms with Crippen molar-refractivity contribution < 1.29 is 19.8 Å². The van der Waals surface area contributed by atoms with Crippen molar-refractivity contribution in [3.8, 4) is 0 Å². The van der Waals surface area contributed by atoms with Crippen molar-refractivity contribution in [3.63, 3.8) is 0 Å². The SMILES string of the molecule is C[C@H](/C=C/CCn1cc(CCO)nn1)[C@@]1(O)C(=O)N(Cc2ccc(N3CN(c4ccccc4)C4(CCNCC4)C3=O)cc2)c2ccc(Cl)cc21. The van der Waals surface area contributed by atoms with E-state index < -0.39 is 23.0 Å². The minimum atomic E-state index is -1.80. The van der Waals surface area contributed by atoms with E-state index in [0.29, 0.717) is 42.3 Å². The number of piperidine rings is 1. The first-order valence-electron chi connectivity index (χ1n) is 17.2. The lowest BCUT2D eigenvalue weighted by Gasteiger charge is -2.39. The number of nitrogens with one attached hydrogen (secondary N) is 1. The van der Waals surface area contributed by atoms with Crippen LogP contribution in [0, 0.1) is 5.92 Å². The van der Waals surface area contributed by atoms with Crippen LogP contribution >= 0.6 is 11.6 Å². The lowest BCUT2D eigenvalue weighted by molar-refractivity contribution is -0.139. The van der Waals surface area contributed by atoms with Gasteiger partial charge < -0.3 is 25.3 Å². The summed E-state index contributed by atoms with van der Waals surface area (Å²) in [6.07, 6.45) is 8.14. The number of para-hydroxylation sites is 1. The van der Waals surface area contributed by atoms with Gasteiger partial charge in [0.25, 0.3) is 11.8 Å². The Morgan fingerprint density at radius 2 is 1.76 bits per heavy atom. The molecule has 3 aromatic carbocycles. The van der Waals surface area contributed by atoms with Gasteiger partial charge in [-0.2, -0.15) is 0 Å². The first-order chi connectivity index (χ1) is 24.2. The number of benzene rings is 3. The number of carbonyl (C=O) groups excluding carboxylic acids is 2. The van der Waals surface area contributed by atoms with Gasteiger partial charge in [-0.15, -0.1) is 5.10 Å². The number of amides is 2. The molecule has 12 heteroatoms. The van der Waals surface area contributed by atoms with Crippen LogP contribution < -0.4 is 20.0 Å². The maximum atomic E-state index is 14.1. The molecule has 0 bridgehead atoms. The molecular formula is C38H42ClN7O4. The van der Waals surface area contributed by atoms with E-state index in [1.807, 2.05) is 66.4 Å². The fourth-order valence-electron chi connectivity index (χ4n) is 7.53. The molecule has 2 fully saturated rings. The summed E-state index contributed by atoms with van der Waals surface area (Å²) in [7, 11) is 0. The van der Waals surface area contributed by atoms with Gasteiger partial charge in [0.1, 0.15) is 5.54 Å². The van der Waals surface area contributed by atoms with Gasteiger partial charge in [-0.05, 0) is 80.4 Å². The zero-order chi connectivity index (χ0) is 34.9. The summed E-state index contributed by atoms with van der Waals surface area (Å²) in [6, 6.07) is 23.1. The van der Waals surface area contributed by atoms with E-state index in [4.69, 9.17) is 16.7 Å². The predicted molar refractivity (Wildman–Crippen MR) is 193 cm³/mol. The van der Waals surface area contributed by atoms with Crippen molar-refractivity contribution >= 4 is 40.5 Å². The zero-order valence-corrected chi connectivity index (χ0v) is 28.8. The van der Waals surface area contributed by atoms with Crippen LogP contribution in [0.4, 0.5) is 17.1 Å². The predicted octanol–water partition coefficient (Wildman–Crippen LogP) is 4.42. The number of hydrogen-bond acceptors (Lipinski definition) is 8. The zero-order valence-electron chi connectivity index (χ0n) is 28.1. The largest absolute Gasteiger partial charge is 0.396 e. The molecule has 2 amide bonds. The van der Waals surface area contributed by atoms with Gasteiger partial charge in [-0.3, -0.25) is 19.2 Å². The third kappa shape index (κ3) is 6.08. The van der Waals surface area contributed by atoms with Crippen molar-refractivity contribution in [2.45, 2.75) is 56.8 Å². The highest BCUT2D eigenvalue weighted by Crippen LogP contribution is 2.47. The maximum absolute atomic E-state index is 14.1. The summed E-state index contributed by atoms with van der Waals surface area (Å²) < 4.78 is 1.71. The standard InChI is InChI=1S/C38H42ClN7O4/c1-27(7-5-6-21-43-25-30(16-22-47)41-42-43)38(50)33-23-29(39)12-15-34(33)44(36(38)49)24-28-10-13-31(14-11-28)45-26-46(32-8-3-2-4-9-32)37(35(45)48)17-19-40-20-18-37/h2-5,7-15,23,25,27,40,47,50H,6,16-22,24,26H2,1H3/b7-5+/t27-,38+/m1/s1. The van der Waals surface area contributed by atoms with E-state index >= 15 is 0 Å². The highest BCUT2D eigenvalue weighted by Gasteiger charge is 2.54. The fraction of sp³-hybridized carbons (Fsp3) is 0.368. The maximum Gasteiger partial charge on any atom is 0.264 e. The second-order valence-corrected chi connectivity index (χ2v) is 13.8. The topological polar surface area (TPSA) is 127 Å². The van der Waals surface area contributed by atoms with E-state index in [9.17, 15) is 14.7 Å². The molecule has 0 aliphatic carbocycles. The number of aryl methyl sites for hydroxylation is 1. The fourth-order valence-corrected chi connectivity index (χ4v) is 7.70. The number of aromatic nitrogens is 3. The Balaban J connectivity index is 1.08. The molecule has 1 aromatic heterocycles. The van der Waals surface area contributed by atoms with Crippen LogP contribution in [0.5, 0.6) is 0 Å². The van der Waals surface area contributed by atoms with Gasteiger partial charge >= 0.3 is 0 Å². The lowest BCUT2D eigenvalue weighted by Crippen LogP contribution is -2.55. The second kappa shape index (κ2) is 14.0. The van der Waals surface area contributed by atoms with Crippen molar-refractivity contribution in [2.75, 3.05) is 41.1 Å². The molecule has 260 valence electrons. The smallest absolute Gasteiger partial charge is 0.264 e. The number of halogens is 1. The van der Waals surface area contributed by atoms with E-state index in [1.54, 1.807) is 34.0 Å². The van der Waals surface area contributed by atoms with Crippen LogP contribution in [0.1, 0.15) is 43.0 Å². The molecule has 0 radical (unpaired) electrons. The van der Waals surface area contributed by atoms with Crippen LogP contribution in [-0.4, -0.2) is 68.9 Å². The van der Waals surface area contributed by atoms with Crippen LogP contribution in [0.2, 0.25) is 5.02 Å². The number of aliphatic hydroxyl groups is 2. The minimum absolute atomic E-state index is 0.0169. The molecule has 7 rings (SSSR count). The van der Waals surface area contributed by atoms with Gasteiger partial charge in [0, 0.05) is 53.6 Å². The van der Waals surface area contributed by atoms with Crippen molar-refractivity contribution in [1.29, 1.82) is 0 Å². The van der Waals surface area contributed by atoms with Gasteiger partial charge in [0.05, 0.1) is 24.6 Å². The van der Waals surface area contributed by atoms with Crippen molar-refractivity contribution in [3.05, 3.63) is 113 Å². The number of anilines is 3. The molecule has 2 atom stereocenters. The molecule has 0 saturated carbocycles. The van der Waals surface area contributed by atoms with Gasteiger partial charge in [-0.25, -0.2) is 0 Å². The highest BCUT2D eigenvalue weighted by molar-refractivity contribution is 6.31. The first-order valence-corrected chi connectivity index (χ1v) is 17.6. The Morgan fingerprint density at radius 1 is 1.00 bits per heavy atom. The molecule has 3 aliphatic rings. The molecular weight excluding hydrogens is 654 g/mol. The Bertz CT molecular complexity index is 1880. The van der Waals surface area contributed by atoms with Gasteiger partial charge in [0.15, 0.2) is 5.60 Å². The molecule has 4 heterocycles. The highest BCUT2D eigenvalue weighted by atomic mass is 35.5. The monoisotopic (exact) mass is 695 g/mol. The van der Waals surface area contributed by atoms with E-state index in [2.05, 4.69) is 32.7 Å². The number of nitrogens with zero attached hydrogens (tertiary/aromatic N) is 6. The Labute approximate surface area is 296 Å². The molecule has 2 saturated heterocycles. The Hall–Kier alpha value is -4.55. The third-order valence-electron chi connectivity index (χ3n) is 10.3. The number of carbonyl (C=O) groups is 2. The van der Waals surface area contributed by atoms with E-state index in [0.717, 1.165) is 48.6 Å². The second-order valence-electron chi connectivity index (χ2n) is 13.4. The minimum Gasteiger partial charge on any atom is -0.396 e. The Kier molecular flexibility index (Phi) is 9.49. The van der Waals surface area contributed by atoms with Crippen LogP contribution in [0.15, 0.2) is 91.1 Å². The normalized spacial score (nSPS) is 20.8.